The van der Waals surface area contributed by atoms with Crippen molar-refractivity contribution in [3.05, 3.63) is 28.1 Å². The van der Waals surface area contributed by atoms with Crippen LogP contribution in [-0.4, -0.2) is 19.2 Å². The molecule has 0 amide bonds. The fourth-order valence-corrected chi connectivity index (χ4v) is 2.34. The van der Waals surface area contributed by atoms with Gasteiger partial charge in [-0.3, -0.25) is 0 Å². The molecule has 1 heterocycles. The lowest BCUT2D eigenvalue weighted by molar-refractivity contribution is 0.401. The van der Waals surface area contributed by atoms with Gasteiger partial charge in [0.05, 0.1) is 19.7 Å². The van der Waals surface area contributed by atoms with E-state index in [1.807, 2.05) is 19.1 Å². The van der Waals surface area contributed by atoms with Crippen LogP contribution in [-0.2, 0) is 0 Å². The average molecular weight is 260 g/mol. The third kappa shape index (κ3) is 2.03. The van der Waals surface area contributed by atoms with E-state index in [9.17, 15) is 0 Å². The molecule has 0 saturated heterocycles. The van der Waals surface area contributed by atoms with Crippen molar-refractivity contribution >= 4 is 11.3 Å². The molecule has 2 aromatic rings. The molecule has 0 N–H and O–H groups in total. The number of hydrogen-bond donors (Lipinski definition) is 0. The highest BCUT2D eigenvalue weighted by atomic mass is 32.1. The number of ether oxygens (including phenoxy) is 2. The van der Waals surface area contributed by atoms with Crippen molar-refractivity contribution < 1.29 is 9.47 Å². The normalized spacial score (nSPS) is 9.89. The van der Waals surface area contributed by atoms with Gasteiger partial charge in [-0.2, -0.15) is 5.26 Å². The highest BCUT2D eigenvalue weighted by Gasteiger charge is 2.16. The predicted octanol–water partition coefficient (Wildman–Crippen LogP) is 3.01. The Morgan fingerprint density at radius 1 is 1.22 bits per heavy atom. The van der Waals surface area contributed by atoms with Gasteiger partial charge < -0.3 is 9.47 Å². The van der Waals surface area contributed by atoms with Crippen LogP contribution in [0.4, 0.5) is 0 Å². The first-order chi connectivity index (χ1) is 8.71. The first kappa shape index (κ1) is 12.4. The lowest BCUT2D eigenvalue weighted by Gasteiger charge is -2.11. The minimum absolute atomic E-state index is 0.569. The van der Waals surface area contributed by atoms with Crippen molar-refractivity contribution in [2.24, 2.45) is 0 Å². The summed E-state index contributed by atoms with van der Waals surface area (Å²) in [5.74, 6) is 1.44. The van der Waals surface area contributed by atoms with E-state index in [1.54, 1.807) is 19.7 Å². The quantitative estimate of drug-likeness (QED) is 0.851. The lowest BCUT2D eigenvalue weighted by atomic mass is 10.1. The number of aryl methyl sites for hydroxylation is 1. The van der Waals surface area contributed by atoms with Gasteiger partial charge in [-0.1, -0.05) is 0 Å². The van der Waals surface area contributed by atoms with Crippen LogP contribution in [0, 0.1) is 18.3 Å². The van der Waals surface area contributed by atoms with Crippen molar-refractivity contribution in [1.82, 2.24) is 4.98 Å². The first-order valence-corrected chi connectivity index (χ1v) is 6.15. The third-order valence-corrected chi connectivity index (χ3v) is 3.37. The zero-order valence-electron chi connectivity index (χ0n) is 10.4. The molecule has 1 aromatic carbocycles. The van der Waals surface area contributed by atoms with Gasteiger partial charge in [0.25, 0.3) is 0 Å². The summed E-state index contributed by atoms with van der Waals surface area (Å²) in [7, 11) is 3.22. The second-order valence-electron chi connectivity index (χ2n) is 3.66. The Morgan fingerprint density at radius 3 is 2.56 bits per heavy atom. The van der Waals surface area contributed by atoms with Crippen LogP contribution < -0.4 is 9.47 Å². The Hall–Kier alpha value is -2.06. The molecule has 0 aliphatic rings. The molecule has 5 heteroatoms. The van der Waals surface area contributed by atoms with E-state index in [1.165, 1.54) is 11.3 Å². The molecule has 2 rings (SSSR count). The molecule has 4 nitrogen and oxygen atoms in total. The summed E-state index contributed by atoms with van der Waals surface area (Å²) in [4.78, 5) is 4.80. The van der Waals surface area contributed by atoms with Gasteiger partial charge in [0.2, 0.25) is 0 Å². The standard InChI is InChI=1S/C13H12N2O2S/c1-8-4-11(17-3)9(5-10(8)16-2)13-12(6-14)18-7-15-13/h4-5,7H,1-3H3. The molecule has 0 unspecified atom stereocenters. The summed E-state index contributed by atoms with van der Waals surface area (Å²) in [6.07, 6.45) is 0. The van der Waals surface area contributed by atoms with Gasteiger partial charge in [0.1, 0.15) is 28.1 Å². The van der Waals surface area contributed by atoms with Gasteiger partial charge in [-0.25, -0.2) is 4.98 Å². The zero-order valence-corrected chi connectivity index (χ0v) is 11.2. The second kappa shape index (κ2) is 5.07. The number of hydrogen-bond acceptors (Lipinski definition) is 5. The Bertz CT molecular complexity index is 614. The SMILES string of the molecule is COc1cc(-c2ncsc2C#N)c(OC)cc1C. The van der Waals surface area contributed by atoms with E-state index in [4.69, 9.17) is 14.7 Å². The summed E-state index contributed by atoms with van der Waals surface area (Å²) in [5.41, 5.74) is 4.04. The van der Waals surface area contributed by atoms with Gasteiger partial charge in [-0.05, 0) is 24.6 Å². The number of nitriles is 1. The fraction of sp³-hybridized carbons (Fsp3) is 0.231. The van der Waals surface area contributed by atoms with Crippen molar-refractivity contribution in [3.63, 3.8) is 0 Å². The Morgan fingerprint density at radius 2 is 1.94 bits per heavy atom. The summed E-state index contributed by atoms with van der Waals surface area (Å²) in [5, 5.41) is 9.06. The highest BCUT2D eigenvalue weighted by molar-refractivity contribution is 7.10. The molecule has 18 heavy (non-hydrogen) atoms. The van der Waals surface area contributed by atoms with E-state index in [0.717, 1.165) is 16.9 Å². The molecule has 0 aliphatic carbocycles. The monoisotopic (exact) mass is 260 g/mol. The predicted molar refractivity (Wildman–Crippen MR) is 70.1 cm³/mol. The number of rotatable bonds is 3. The van der Waals surface area contributed by atoms with Crippen molar-refractivity contribution in [1.29, 1.82) is 5.26 Å². The van der Waals surface area contributed by atoms with Crippen molar-refractivity contribution in [3.8, 4) is 28.8 Å². The lowest BCUT2D eigenvalue weighted by Crippen LogP contribution is -1.94. The molecule has 92 valence electrons. The van der Waals surface area contributed by atoms with Crippen LogP contribution in [0.2, 0.25) is 0 Å². The molecule has 0 atom stereocenters. The van der Waals surface area contributed by atoms with Gasteiger partial charge in [0, 0.05) is 5.56 Å². The van der Waals surface area contributed by atoms with E-state index in [2.05, 4.69) is 11.1 Å². The minimum atomic E-state index is 0.569. The van der Waals surface area contributed by atoms with Crippen LogP contribution in [0.3, 0.4) is 0 Å². The summed E-state index contributed by atoms with van der Waals surface area (Å²) >= 11 is 1.31. The van der Waals surface area contributed by atoms with Crippen molar-refractivity contribution in [2.45, 2.75) is 6.92 Å². The smallest absolute Gasteiger partial charge is 0.132 e. The average Bonchev–Trinajstić information content (AvgIpc) is 2.86. The Labute approximate surface area is 109 Å². The number of aromatic nitrogens is 1. The van der Waals surface area contributed by atoms with E-state index < -0.39 is 0 Å². The van der Waals surface area contributed by atoms with Gasteiger partial charge in [-0.15, -0.1) is 11.3 Å². The number of benzene rings is 1. The molecule has 0 fully saturated rings. The molecule has 1 aromatic heterocycles. The van der Waals surface area contributed by atoms with E-state index >= 15 is 0 Å². The van der Waals surface area contributed by atoms with Crippen LogP contribution in [0.1, 0.15) is 10.4 Å². The second-order valence-corrected chi connectivity index (χ2v) is 4.52. The van der Waals surface area contributed by atoms with Gasteiger partial charge >= 0.3 is 0 Å². The van der Waals surface area contributed by atoms with E-state index in [-0.39, 0.29) is 0 Å². The first-order valence-electron chi connectivity index (χ1n) is 5.27. The van der Waals surface area contributed by atoms with Crippen LogP contribution >= 0.6 is 11.3 Å². The number of methoxy groups -OCH3 is 2. The van der Waals surface area contributed by atoms with Crippen LogP contribution in [0.5, 0.6) is 11.5 Å². The summed E-state index contributed by atoms with van der Waals surface area (Å²) in [6, 6.07) is 5.87. The van der Waals surface area contributed by atoms with Crippen LogP contribution in [0.25, 0.3) is 11.3 Å². The fourth-order valence-electron chi connectivity index (χ4n) is 1.75. The largest absolute Gasteiger partial charge is 0.496 e. The summed E-state index contributed by atoms with van der Waals surface area (Å²) in [6.45, 7) is 1.94. The maximum Gasteiger partial charge on any atom is 0.132 e. The summed E-state index contributed by atoms with van der Waals surface area (Å²) < 4.78 is 10.6. The number of thiazole rings is 1. The molecular formula is C13H12N2O2S. The minimum Gasteiger partial charge on any atom is -0.496 e. The van der Waals surface area contributed by atoms with Crippen LogP contribution in [0.15, 0.2) is 17.6 Å². The van der Waals surface area contributed by atoms with E-state index in [0.29, 0.717) is 16.3 Å². The molecule has 0 spiro atoms. The van der Waals surface area contributed by atoms with Crippen molar-refractivity contribution in [2.75, 3.05) is 14.2 Å². The highest BCUT2D eigenvalue weighted by Crippen LogP contribution is 2.37. The molecule has 0 aliphatic heterocycles. The molecular weight excluding hydrogens is 248 g/mol. The molecule has 0 radical (unpaired) electrons. The zero-order chi connectivity index (χ0) is 13.1. The topological polar surface area (TPSA) is 55.1 Å². The maximum atomic E-state index is 9.06. The Kier molecular flexibility index (Phi) is 3.49. The molecule has 0 saturated carbocycles. The molecule has 0 bridgehead atoms. The van der Waals surface area contributed by atoms with Gasteiger partial charge in [0.15, 0.2) is 0 Å². The Balaban J connectivity index is 2.66. The third-order valence-electron chi connectivity index (χ3n) is 2.64. The maximum absolute atomic E-state index is 9.06. The number of nitrogens with zero attached hydrogens (tertiary/aromatic N) is 2.